The molecule has 0 radical (unpaired) electrons. The predicted octanol–water partition coefficient (Wildman–Crippen LogP) is 3.70. The molecular weight excluding hydrogens is 450 g/mol. The first-order chi connectivity index (χ1) is 15.4. The van der Waals surface area contributed by atoms with Gasteiger partial charge >= 0.3 is 0 Å². The van der Waals surface area contributed by atoms with Crippen LogP contribution in [0.15, 0.2) is 41.2 Å². The van der Waals surface area contributed by atoms with Crippen molar-refractivity contribution in [2.45, 2.75) is 25.2 Å². The highest BCUT2D eigenvalue weighted by atomic mass is 35.5. The van der Waals surface area contributed by atoms with Gasteiger partial charge in [-0.05, 0) is 37.0 Å². The monoisotopic (exact) mass is 473 g/mol. The van der Waals surface area contributed by atoms with Gasteiger partial charge in [0, 0.05) is 37.5 Å². The number of sulfonamides is 1. The maximum atomic E-state index is 11.7. The fourth-order valence-corrected chi connectivity index (χ4v) is 5.23. The molecule has 3 aromatic heterocycles. The maximum absolute atomic E-state index is 11.7. The molecule has 0 amide bonds. The van der Waals surface area contributed by atoms with E-state index in [1.54, 1.807) is 18.6 Å². The van der Waals surface area contributed by atoms with E-state index < -0.39 is 10.0 Å². The van der Waals surface area contributed by atoms with Gasteiger partial charge in [0.15, 0.2) is 5.58 Å². The van der Waals surface area contributed by atoms with E-state index in [0.29, 0.717) is 36.4 Å². The summed E-state index contributed by atoms with van der Waals surface area (Å²) in [6.45, 7) is 2.59. The number of fused-ring (bicyclic) bond motifs is 1. The number of pyridine rings is 1. The summed E-state index contributed by atoms with van der Waals surface area (Å²) in [5, 5.41) is 1.57. The van der Waals surface area contributed by atoms with Gasteiger partial charge in [-0.2, -0.15) is 4.31 Å². The Morgan fingerprint density at radius 3 is 2.47 bits per heavy atom. The van der Waals surface area contributed by atoms with Gasteiger partial charge in [-0.3, -0.25) is 4.98 Å². The molecule has 168 valence electrons. The fourth-order valence-electron chi connectivity index (χ4n) is 4.36. The molecule has 0 bridgehead atoms. The van der Waals surface area contributed by atoms with Crippen molar-refractivity contribution in [2.24, 2.45) is 0 Å². The third-order valence-electron chi connectivity index (χ3n) is 6.18. The first kappa shape index (κ1) is 21.4. The summed E-state index contributed by atoms with van der Waals surface area (Å²) in [4.78, 5) is 15.4. The fraction of sp³-hybridized carbons (Fsp3) is 0.409. The van der Waals surface area contributed by atoms with Crippen LogP contribution in [-0.2, 0) is 10.0 Å². The molecule has 2 aliphatic heterocycles. The molecule has 1 fully saturated rings. The van der Waals surface area contributed by atoms with Crippen LogP contribution < -0.4 is 4.90 Å². The number of halogens is 1. The number of nitrogens with zero attached hydrogens (tertiary/aromatic N) is 5. The number of furan rings is 1. The average Bonchev–Trinajstić information content (AvgIpc) is 3.23. The van der Waals surface area contributed by atoms with E-state index in [2.05, 4.69) is 25.9 Å². The van der Waals surface area contributed by atoms with Crippen LogP contribution >= 0.6 is 11.6 Å². The van der Waals surface area contributed by atoms with Crippen LogP contribution in [0.4, 0.5) is 5.95 Å². The number of rotatable bonds is 4. The van der Waals surface area contributed by atoms with Gasteiger partial charge in [0.05, 0.1) is 35.6 Å². The van der Waals surface area contributed by atoms with Gasteiger partial charge < -0.3 is 9.32 Å². The summed E-state index contributed by atoms with van der Waals surface area (Å²) in [6, 6.07) is 4.16. The van der Waals surface area contributed by atoms with E-state index >= 15 is 0 Å². The molecule has 0 spiro atoms. The Hall–Kier alpha value is -2.49. The van der Waals surface area contributed by atoms with E-state index in [1.807, 2.05) is 12.1 Å². The zero-order chi connectivity index (χ0) is 22.3. The first-order valence-electron chi connectivity index (χ1n) is 10.6. The average molecular weight is 474 g/mol. The topological polar surface area (TPSA) is 92.4 Å². The van der Waals surface area contributed by atoms with Gasteiger partial charge in [-0.25, -0.2) is 18.4 Å². The van der Waals surface area contributed by atoms with E-state index in [0.717, 1.165) is 53.9 Å². The van der Waals surface area contributed by atoms with E-state index in [1.165, 1.54) is 10.6 Å². The molecule has 0 saturated carbocycles. The Morgan fingerprint density at radius 1 is 1.06 bits per heavy atom. The minimum absolute atomic E-state index is 0.339. The van der Waals surface area contributed by atoms with E-state index in [4.69, 9.17) is 16.0 Å². The number of piperidine rings is 1. The highest BCUT2D eigenvalue weighted by molar-refractivity contribution is 7.88. The standard InChI is InChI=1S/C22H24ClN5O3S/c1-32(29,30)28-8-4-15(5-9-28)19-10-17-11-20(31-21(17)14-24-19)16-2-6-27(7-3-16)22-25-12-18(23)13-26-22/h4,10-14,16H,2-3,5-9H2,1H3. The van der Waals surface area contributed by atoms with Crippen LogP contribution in [-0.4, -0.2) is 60.1 Å². The second-order valence-corrected chi connectivity index (χ2v) is 10.7. The van der Waals surface area contributed by atoms with Crippen molar-refractivity contribution in [2.75, 3.05) is 37.3 Å². The Morgan fingerprint density at radius 2 is 1.81 bits per heavy atom. The Bertz CT molecular complexity index is 1260. The van der Waals surface area contributed by atoms with Gasteiger partial charge in [-0.1, -0.05) is 17.7 Å². The lowest BCUT2D eigenvalue weighted by molar-refractivity contribution is 0.419. The zero-order valence-electron chi connectivity index (χ0n) is 17.7. The number of hydrogen-bond acceptors (Lipinski definition) is 7. The van der Waals surface area contributed by atoms with Crippen LogP contribution in [0.1, 0.15) is 36.6 Å². The smallest absolute Gasteiger partial charge is 0.225 e. The molecular formula is C22H24ClN5O3S. The molecule has 8 nitrogen and oxygen atoms in total. The second-order valence-electron chi connectivity index (χ2n) is 8.32. The normalized spacial score (nSPS) is 18.8. The van der Waals surface area contributed by atoms with Crippen molar-refractivity contribution in [3.05, 3.63) is 53.3 Å². The molecule has 5 rings (SSSR count). The second kappa shape index (κ2) is 8.46. The van der Waals surface area contributed by atoms with E-state index in [-0.39, 0.29) is 0 Å². The lowest BCUT2D eigenvalue weighted by Crippen LogP contribution is -2.34. The molecule has 0 atom stereocenters. The van der Waals surface area contributed by atoms with Crippen molar-refractivity contribution in [1.29, 1.82) is 0 Å². The molecule has 1 saturated heterocycles. The van der Waals surface area contributed by atoms with Crippen LogP contribution in [0.2, 0.25) is 5.02 Å². The maximum Gasteiger partial charge on any atom is 0.225 e. The summed E-state index contributed by atoms with van der Waals surface area (Å²) in [6.07, 6.45) is 10.8. The lowest BCUT2D eigenvalue weighted by atomic mass is 9.94. The molecule has 3 aromatic rings. The van der Waals surface area contributed by atoms with Crippen LogP contribution in [0.25, 0.3) is 16.5 Å². The number of hydrogen-bond donors (Lipinski definition) is 0. The van der Waals surface area contributed by atoms with Gasteiger partial charge in [0.25, 0.3) is 0 Å². The largest absolute Gasteiger partial charge is 0.459 e. The van der Waals surface area contributed by atoms with Gasteiger partial charge in [-0.15, -0.1) is 0 Å². The van der Waals surface area contributed by atoms with Crippen LogP contribution in [0, 0.1) is 0 Å². The first-order valence-corrected chi connectivity index (χ1v) is 12.9. The number of aromatic nitrogens is 3. The molecule has 10 heteroatoms. The molecule has 0 N–H and O–H groups in total. The van der Waals surface area contributed by atoms with Gasteiger partial charge in [0.2, 0.25) is 16.0 Å². The molecule has 2 aliphatic rings. The Balaban J connectivity index is 1.29. The molecule has 0 unspecified atom stereocenters. The van der Waals surface area contributed by atoms with Crippen molar-refractivity contribution in [3.8, 4) is 0 Å². The third kappa shape index (κ3) is 4.37. The van der Waals surface area contributed by atoms with Crippen molar-refractivity contribution in [3.63, 3.8) is 0 Å². The highest BCUT2D eigenvalue weighted by Gasteiger charge is 2.25. The van der Waals surface area contributed by atoms with Gasteiger partial charge in [0.1, 0.15) is 5.76 Å². The van der Waals surface area contributed by atoms with E-state index in [9.17, 15) is 8.42 Å². The van der Waals surface area contributed by atoms with Crippen LogP contribution in [0.3, 0.4) is 0 Å². The third-order valence-corrected chi connectivity index (χ3v) is 7.64. The summed E-state index contributed by atoms with van der Waals surface area (Å²) >= 11 is 5.89. The summed E-state index contributed by atoms with van der Waals surface area (Å²) < 4.78 is 31.1. The molecule has 5 heterocycles. The zero-order valence-corrected chi connectivity index (χ0v) is 19.3. The summed E-state index contributed by atoms with van der Waals surface area (Å²) in [5.41, 5.74) is 2.74. The summed E-state index contributed by atoms with van der Waals surface area (Å²) in [7, 11) is -3.16. The van der Waals surface area contributed by atoms with Crippen molar-refractivity contribution in [1.82, 2.24) is 19.3 Å². The quantitative estimate of drug-likeness (QED) is 0.570. The highest BCUT2D eigenvalue weighted by Crippen LogP contribution is 2.34. The molecule has 0 aromatic carbocycles. The van der Waals surface area contributed by atoms with Crippen molar-refractivity contribution >= 4 is 44.1 Å². The predicted molar refractivity (Wildman–Crippen MR) is 124 cm³/mol. The lowest BCUT2D eigenvalue weighted by Gasteiger charge is -2.30. The minimum atomic E-state index is -3.16. The summed E-state index contributed by atoms with van der Waals surface area (Å²) in [5.74, 6) is 2.03. The van der Waals surface area contributed by atoms with Crippen molar-refractivity contribution < 1.29 is 12.8 Å². The Kier molecular flexibility index (Phi) is 5.65. The van der Waals surface area contributed by atoms with Crippen LogP contribution in [0.5, 0.6) is 0 Å². The molecule has 0 aliphatic carbocycles. The minimum Gasteiger partial charge on any atom is -0.459 e. The SMILES string of the molecule is CS(=O)(=O)N1CC=C(c2cc3cc(C4CCN(c5ncc(Cl)cn5)CC4)oc3cn2)CC1. The Labute approximate surface area is 192 Å². The number of anilines is 1. The molecule has 32 heavy (non-hydrogen) atoms.